The van der Waals surface area contributed by atoms with Crippen LogP contribution in [0.4, 0.5) is 8.78 Å². The van der Waals surface area contributed by atoms with Crippen molar-refractivity contribution in [2.24, 2.45) is 16.5 Å². The van der Waals surface area contributed by atoms with Crippen molar-refractivity contribution in [3.05, 3.63) is 28.3 Å². The number of carboxylic acid groups (broad SMARTS) is 1. The molecular weight excluding hydrogens is 397 g/mol. The quantitative estimate of drug-likeness (QED) is 0.295. The van der Waals surface area contributed by atoms with Crippen molar-refractivity contribution in [1.82, 2.24) is 4.90 Å². The molecule has 1 heterocycles. The summed E-state index contributed by atoms with van der Waals surface area (Å²) in [5, 5.41) is 12.0. The maximum Gasteiger partial charge on any atom is 0.303 e. The lowest BCUT2D eigenvalue weighted by molar-refractivity contribution is -0.138. The molecule has 0 radical (unpaired) electrons. The Morgan fingerprint density at radius 2 is 1.90 bits per heavy atom. The molecule has 5 nitrogen and oxygen atoms in total. The molecule has 0 amide bonds. The number of nitroso groups, excluding NO2 is 1. The number of carboxylic acids is 1. The number of likely N-dealkylation sites (tertiary alicyclic amines) is 1. The Kier molecular flexibility index (Phi) is 8.74. The van der Waals surface area contributed by atoms with Gasteiger partial charge in [0.25, 0.3) is 5.66 Å². The molecule has 8 heteroatoms. The topological polar surface area (TPSA) is 70.0 Å². The highest BCUT2D eigenvalue weighted by molar-refractivity contribution is 7.18. The third-order valence-corrected chi connectivity index (χ3v) is 6.72. The van der Waals surface area contributed by atoms with Gasteiger partial charge in [-0.3, -0.25) is 4.79 Å². The van der Waals surface area contributed by atoms with Crippen LogP contribution in [0.15, 0.2) is 28.6 Å². The fourth-order valence-corrected chi connectivity index (χ4v) is 4.95. The molecule has 0 aromatic carbocycles. The minimum Gasteiger partial charge on any atom is -0.481 e. The van der Waals surface area contributed by atoms with E-state index in [-0.39, 0.29) is 13.0 Å². The van der Waals surface area contributed by atoms with Crippen molar-refractivity contribution in [3.63, 3.8) is 0 Å². The molecule has 1 aliphatic carbocycles. The van der Waals surface area contributed by atoms with Crippen molar-refractivity contribution in [3.8, 4) is 0 Å². The molecule has 1 saturated carbocycles. The van der Waals surface area contributed by atoms with E-state index in [2.05, 4.69) is 10.1 Å². The predicted molar refractivity (Wildman–Crippen MR) is 114 cm³/mol. The van der Waals surface area contributed by atoms with Crippen molar-refractivity contribution in [2.45, 2.75) is 70.4 Å². The van der Waals surface area contributed by atoms with Crippen LogP contribution in [0.5, 0.6) is 0 Å². The number of rotatable bonds is 9. The van der Waals surface area contributed by atoms with Gasteiger partial charge in [-0.15, -0.1) is 0 Å². The second-order valence-electron chi connectivity index (χ2n) is 8.51. The Hall–Kier alpha value is -1.36. The summed E-state index contributed by atoms with van der Waals surface area (Å²) in [6.45, 7) is 3.76. The first-order valence-electron chi connectivity index (χ1n) is 10.5. The van der Waals surface area contributed by atoms with E-state index in [0.717, 1.165) is 69.3 Å². The van der Waals surface area contributed by atoms with E-state index >= 15 is 0 Å². The number of piperidine rings is 1. The van der Waals surface area contributed by atoms with Crippen LogP contribution in [-0.2, 0) is 4.79 Å². The van der Waals surface area contributed by atoms with E-state index in [9.17, 15) is 18.5 Å². The van der Waals surface area contributed by atoms with Gasteiger partial charge in [0.05, 0.1) is 0 Å². The molecule has 164 valence electrons. The molecule has 2 aliphatic rings. The fourth-order valence-electron chi connectivity index (χ4n) is 4.81. The normalized spacial score (nSPS) is 21.4. The van der Waals surface area contributed by atoms with E-state index in [1.807, 2.05) is 6.92 Å². The number of alkyl halides is 2. The van der Waals surface area contributed by atoms with Gasteiger partial charge >= 0.3 is 5.97 Å². The van der Waals surface area contributed by atoms with Gasteiger partial charge in [0, 0.05) is 31.6 Å². The number of halogens is 2. The van der Waals surface area contributed by atoms with Crippen LogP contribution in [0.3, 0.4) is 0 Å². The summed E-state index contributed by atoms with van der Waals surface area (Å²) in [6, 6.07) is 0. The first-order chi connectivity index (χ1) is 13.7. The van der Waals surface area contributed by atoms with Crippen molar-refractivity contribution >= 4 is 15.2 Å². The molecule has 29 heavy (non-hydrogen) atoms. The largest absolute Gasteiger partial charge is 0.481 e. The van der Waals surface area contributed by atoms with Crippen LogP contribution in [-0.4, -0.2) is 41.3 Å². The highest BCUT2D eigenvalue weighted by atomic mass is 31.0. The maximum absolute atomic E-state index is 13.1. The standard InChI is InChI=1S/C21H33F2N2O3P/c1-2-18(17(15-24-28)4-3-7-21(22,23)29)25-12-10-20(11-13-25)8-5-16(6-9-20)14-19(26)27/h3-4,16H,2,5-15,29H2,1H3,(H,26,27)/b4-3-,18-17-. The molecule has 0 aromatic heterocycles. The van der Waals surface area contributed by atoms with Crippen LogP contribution < -0.4 is 0 Å². The van der Waals surface area contributed by atoms with Crippen LogP contribution in [0, 0.1) is 16.2 Å². The van der Waals surface area contributed by atoms with Crippen LogP contribution >= 0.6 is 9.24 Å². The Balaban J connectivity index is 2.01. The molecule has 1 N–H and O–H groups in total. The first kappa shape index (κ1) is 23.9. The summed E-state index contributed by atoms with van der Waals surface area (Å²) in [5.74, 6) is -0.408. The van der Waals surface area contributed by atoms with Crippen LogP contribution in [0.1, 0.15) is 64.7 Å². The SMILES string of the molecule is CC/C(=C(\C=C/CC(F)(F)P)CN=O)N1CCC2(CCC(CC(=O)O)CC2)CC1. The smallest absolute Gasteiger partial charge is 0.303 e. The van der Waals surface area contributed by atoms with Gasteiger partial charge in [-0.2, -0.15) is 4.91 Å². The third-order valence-electron chi connectivity index (χ3n) is 6.48. The number of hydrogen-bond acceptors (Lipinski definition) is 4. The van der Waals surface area contributed by atoms with Gasteiger partial charge in [-0.05, 0) is 61.9 Å². The Morgan fingerprint density at radius 3 is 2.38 bits per heavy atom. The van der Waals surface area contributed by atoms with E-state index < -0.39 is 18.1 Å². The van der Waals surface area contributed by atoms with E-state index in [1.165, 1.54) is 15.3 Å². The maximum atomic E-state index is 13.1. The average molecular weight is 430 g/mol. The second kappa shape index (κ2) is 10.6. The summed E-state index contributed by atoms with van der Waals surface area (Å²) in [6.07, 6.45) is 9.86. The molecule has 2 rings (SSSR count). The van der Waals surface area contributed by atoms with Gasteiger partial charge in [-0.25, -0.2) is 8.78 Å². The molecule has 0 bridgehead atoms. The van der Waals surface area contributed by atoms with E-state index in [1.54, 1.807) is 6.08 Å². The van der Waals surface area contributed by atoms with Gasteiger partial charge < -0.3 is 10.0 Å². The molecular formula is C21H33F2N2O3P. The summed E-state index contributed by atoms with van der Waals surface area (Å²) < 4.78 is 26.1. The lowest BCUT2D eigenvalue weighted by Gasteiger charge is -2.47. The van der Waals surface area contributed by atoms with Gasteiger partial charge in [0.15, 0.2) is 0 Å². The van der Waals surface area contributed by atoms with Crippen molar-refractivity contribution in [1.29, 1.82) is 0 Å². The molecule has 2 fully saturated rings. The Labute approximate surface area is 174 Å². The lowest BCUT2D eigenvalue weighted by Crippen LogP contribution is -2.42. The van der Waals surface area contributed by atoms with Crippen molar-refractivity contribution in [2.75, 3.05) is 19.6 Å². The highest BCUT2D eigenvalue weighted by Crippen LogP contribution is 2.47. The van der Waals surface area contributed by atoms with Gasteiger partial charge in [0.2, 0.25) is 0 Å². The second-order valence-corrected chi connectivity index (χ2v) is 9.35. The first-order valence-corrected chi connectivity index (χ1v) is 11.1. The molecule has 1 unspecified atom stereocenters. The zero-order chi connectivity index (χ0) is 21.5. The monoisotopic (exact) mass is 430 g/mol. The third kappa shape index (κ3) is 7.44. The fraction of sp³-hybridized carbons (Fsp3) is 0.762. The summed E-state index contributed by atoms with van der Waals surface area (Å²) >= 11 is 0. The minimum atomic E-state index is -2.85. The number of carbonyl (C=O) groups is 1. The zero-order valence-corrected chi connectivity index (χ0v) is 18.4. The molecule has 1 atom stereocenters. The summed E-state index contributed by atoms with van der Waals surface area (Å²) in [5.41, 5.74) is -0.815. The average Bonchev–Trinajstić information content (AvgIpc) is 2.65. The Bertz CT molecular complexity index is 628. The van der Waals surface area contributed by atoms with E-state index in [4.69, 9.17) is 5.11 Å². The van der Waals surface area contributed by atoms with Crippen molar-refractivity contribution < 1.29 is 18.7 Å². The number of allylic oxidation sites excluding steroid dienone is 2. The van der Waals surface area contributed by atoms with Gasteiger partial charge in [-0.1, -0.05) is 33.5 Å². The van der Waals surface area contributed by atoms with Crippen LogP contribution in [0.25, 0.3) is 0 Å². The van der Waals surface area contributed by atoms with Gasteiger partial charge in [0.1, 0.15) is 6.54 Å². The van der Waals surface area contributed by atoms with Crippen LogP contribution in [0.2, 0.25) is 0 Å². The summed E-state index contributed by atoms with van der Waals surface area (Å²) in [4.78, 5) is 24.1. The molecule has 1 saturated heterocycles. The lowest BCUT2D eigenvalue weighted by atomic mass is 9.65. The number of aliphatic carboxylic acids is 1. The molecule has 1 aliphatic heterocycles. The molecule has 1 spiro atoms. The van der Waals surface area contributed by atoms with E-state index in [0.29, 0.717) is 11.3 Å². The minimum absolute atomic E-state index is 0.0133. The number of hydrogen-bond donors (Lipinski definition) is 1. The summed E-state index contributed by atoms with van der Waals surface area (Å²) in [7, 11) is 1.53. The predicted octanol–water partition coefficient (Wildman–Crippen LogP) is 5.58. The molecule has 0 aromatic rings. The zero-order valence-electron chi connectivity index (χ0n) is 17.2. The highest BCUT2D eigenvalue weighted by Gasteiger charge is 2.38. The Morgan fingerprint density at radius 1 is 1.28 bits per heavy atom. The number of nitrogens with zero attached hydrogens (tertiary/aromatic N) is 2.